The van der Waals surface area contributed by atoms with Crippen LogP contribution in [0.2, 0.25) is 0 Å². The lowest BCUT2D eigenvalue weighted by Gasteiger charge is -2.25. The molecule has 0 amide bonds. The molecule has 2 rings (SSSR count). The molecule has 0 saturated heterocycles. The number of thiazole rings is 1. The van der Waals surface area contributed by atoms with E-state index in [0.717, 1.165) is 16.1 Å². The molecule has 0 fully saturated rings. The van der Waals surface area contributed by atoms with Gasteiger partial charge in [-0.3, -0.25) is 4.40 Å². The number of anilines is 1. The van der Waals surface area contributed by atoms with Gasteiger partial charge in [0, 0.05) is 31.1 Å². The lowest BCUT2D eigenvalue weighted by molar-refractivity contribution is 0.183. The number of rotatable bonds is 5. The number of imidazole rings is 1. The van der Waals surface area contributed by atoms with Crippen molar-refractivity contribution in [3.8, 4) is 0 Å². The minimum atomic E-state index is 0.308. The van der Waals surface area contributed by atoms with Crippen LogP contribution in [0.25, 0.3) is 4.96 Å². The van der Waals surface area contributed by atoms with Crippen LogP contribution in [0.3, 0.4) is 0 Å². The fourth-order valence-electron chi connectivity index (χ4n) is 1.79. The van der Waals surface area contributed by atoms with Gasteiger partial charge in [0.25, 0.3) is 0 Å². The maximum Gasteiger partial charge on any atom is 0.195 e. The van der Waals surface area contributed by atoms with E-state index in [0.29, 0.717) is 12.6 Å². The molecule has 0 N–H and O–H groups in total. The molecule has 0 aliphatic heterocycles. The van der Waals surface area contributed by atoms with Crippen LogP contribution in [0, 0.1) is 0 Å². The van der Waals surface area contributed by atoms with Crippen LogP contribution in [0.5, 0.6) is 0 Å². The monoisotopic (exact) mass is 317 g/mol. The number of likely N-dealkylation sites (N-methyl/N-ethyl adjacent to an activating group) is 1. The molecule has 2 aromatic rings. The van der Waals surface area contributed by atoms with E-state index >= 15 is 0 Å². The van der Waals surface area contributed by atoms with Crippen molar-refractivity contribution in [1.29, 1.82) is 0 Å². The molecule has 0 saturated carbocycles. The van der Waals surface area contributed by atoms with Crippen molar-refractivity contribution < 1.29 is 4.74 Å². The van der Waals surface area contributed by atoms with Gasteiger partial charge >= 0.3 is 0 Å². The van der Waals surface area contributed by atoms with Crippen LogP contribution in [0.15, 0.2) is 11.6 Å². The third kappa shape index (κ3) is 2.34. The van der Waals surface area contributed by atoms with Crippen LogP contribution in [-0.4, -0.2) is 36.2 Å². The molecule has 1 unspecified atom stereocenters. The fourth-order valence-corrected chi connectivity index (χ4v) is 3.04. The van der Waals surface area contributed by atoms with Gasteiger partial charge in [-0.05, 0) is 6.92 Å². The first-order valence-corrected chi connectivity index (χ1v) is 7.41. The topological polar surface area (TPSA) is 29.8 Å². The second kappa shape index (κ2) is 5.37. The molecule has 17 heavy (non-hydrogen) atoms. The van der Waals surface area contributed by atoms with Gasteiger partial charge in [0.1, 0.15) is 0 Å². The number of hydrogen-bond acceptors (Lipinski definition) is 4. The first kappa shape index (κ1) is 12.9. The summed E-state index contributed by atoms with van der Waals surface area (Å²) in [5, 5.41) is 2.85. The summed E-state index contributed by atoms with van der Waals surface area (Å²) < 4.78 is 7.32. The Kier molecular flexibility index (Phi) is 4.06. The summed E-state index contributed by atoms with van der Waals surface area (Å²) >= 11 is 5.19. The second-order valence-electron chi connectivity index (χ2n) is 3.99. The number of alkyl halides is 1. The second-order valence-corrected chi connectivity index (χ2v) is 5.42. The van der Waals surface area contributed by atoms with Gasteiger partial charge in [-0.2, -0.15) is 0 Å². The van der Waals surface area contributed by atoms with Crippen LogP contribution in [-0.2, 0) is 10.1 Å². The Hall–Kier alpha value is -0.590. The highest BCUT2D eigenvalue weighted by molar-refractivity contribution is 9.08. The molecule has 0 bridgehead atoms. The number of aromatic nitrogens is 2. The van der Waals surface area contributed by atoms with Crippen molar-refractivity contribution in [2.75, 3.05) is 25.7 Å². The maximum absolute atomic E-state index is 5.19. The van der Waals surface area contributed by atoms with Crippen LogP contribution < -0.4 is 4.90 Å². The molecule has 0 aromatic carbocycles. The summed E-state index contributed by atoms with van der Waals surface area (Å²) in [6.07, 6.45) is 2.06. The van der Waals surface area contributed by atoms with E-state index in [9.17, 15) is 0 Å². The van der Waals surface area contributed by atoms with Gasteiger partial charge in [-0.1, -0.05) is 15.9 Å². The van der Waals surface area contributed by atoms with Crippen molar-refractivity contribution in [2.24, 2.45) is 0 Å². The molecule has 6 heteroatoms. The predicted molar refractivity (Wildman–Crippen MR) is 75.4 cm³/mol. The number of nitrogens with zero attached hydrogens (tertiary/aromatic N) is 3. The Morgan fingerprint density at radius 2 is 2.41 bits per heavy atom. The zero-order valence-electron chi connectivity index (χ0n) is 10.2. The number of methoxy groups -OCH3 is 1. The van der Waals surface area contributed by atoms with Gasteiger partial charge < -0.3 is 9.64 Å². The highest BCUT2D eigenvalue weighted by Crippen LogP contribution is 2.26. The molecule has 0 aliphatic rings. The van der Waals surface area contributed by atoms with Crippen molar-refractivity contribution in [3.63, 3.8) is 0 Å². The van der Waals surface area contributed by atoms with Crippen molar-refractivity contribution in [3.05, 3.63) is 17.3 Å². The summed E-state index contributed by atoms with van der Waals surface area (Å²) in [4.78, 5) is 7.87. The van der Waals surface area contributed by atoms with Crippen molar-refractivity contribution >= 4 is 38.0 Å². The number of hydrogen-bond donors (Lipinski definition) is 0. The van der Waals surface area contributed by atoms with E-state index in [-0.39, 0.29) is 0 Å². The quantitative estimate of drug-likeness (QED) is 0.794. The van der Waals surface area contributed by atoms with Crippen LogP contribution >= 0.6 is 27.3 Å². The first-order valence-electron chi connectivity index (χ1n) is 5.41. The largest absolute Gasteiger partial charge is 0.383 e. The van der Waals surface area contributed by atoms with Crippen molar-refractivity contribution in [2.45, 2.75) is 18.3 Å². The highest BCUT2D eigenvalue weighted by Gasteiger charge is 2.19. The molecule has 2 aromatic heterocycles. The Labute approximate surface area is 113 Å². The smallest absolute Gasteiger partial charge is 0.195 e. The van der Waals surface area contributed by atoms with Crippen LogP contribution in [0.1, 0.15) is 12.6 Å². The average molecular weight is 318 g/mol. The standard InChI is InChI=1S/C11H16BrN3OS/c1-8(7-16-3)14(2)10-9(6-12)15-4-5-17-11(15)13-10/h4-5,8H,6-7H2,1-3H3. The highest BCUT2D eigenvalue weighted by atomic mass is 79.9. The minimum Gasteiger partial charge on any atom is -0.383 e. The number of ether oxygens (including phenoxy) is 1. The molecule has 0 aliphatic carbocycles. The third-order valence-corrected chi connectivity index (χ3v) is 4.16. The summed E-state index contributed by atoms with van der Waals surface area (Å²) in [5.41, 5.74) is 1.19. The Bertz CT molecular complexity index is 496. The normalized spacial score (nSPS) is 13.2. The zero-order valence-corrected chi connectivity index (χ0v) is 12.6. The predicted octanol–water partition coefficient (Wildman–Crippen LogP) is 2.76. The number of halogens is 1. The van der Waals surface area contributed by atoms with E-state index in [1.807, 2.05) is 0 Å². The molecular weight excluding hydrogens is 302 g/mol. The van der Waals surface area contributed by atoms with Gasteiger partial charge in [0.05, 0.1) is 18.3 Å². The number of fused-ring (bicyclic) bond motifs is 1. The molecule has 0 radical (unpaired) electrons. The molecule has 0 spiro atoms. The van der Waals surface area contributed by atoms with E-state index in [4.69, 9.17) is 4.74 Å². The average Bonchev–Trinajstić information content (AvgIpc) is 2.87. The Morgan fingerprint density at radius 1 is 1.65 bits per heavy atom. The Balaban J connectivity index is 2.36. The first-order chi connectivity index (χ1) is 8.19. The molecule has 4 nitrogen and oxygen atoms in total. The van der Waals surface area contributed by atoms with E-state index in [1.165, 1.54) is 5.69 Å². The van der Waals surface area contributed by atoms with Gasteiger partial charge in [-0.15, -0.1) is 11.3 Å². The molecular formula is C11H16BrN3OS. The molecule has 2 heterocycles. The maximum atomic E-state index is 5.19. The van der Waals surface area contributed by atoms with Gasteiger partial charge in [0.15, 0.2) is 10.8 Å². The minimum absolute atomic E-state index is 0.308. The summed E-state index contributed by atoms with van der Waals surface area (Å²) in [6, 6.07) is 0.308. The summed E-state index contributed by atoms with van der Waals surface area (Å²) in [6.45, 7) is 2.83. The lowest BCUT2D eigenvalue weighted by atomic mass is 10.3. The summed E-state index contributed by atoms with van der Waals surface area (Å²) in [5.74, 6) is 1.03. The Morgan fingerprint density at radius 3 is 3.06 bits per heavy atom. The van der Waals surface area contributed by atoms with Gasteiger partial charge in [-0.25, -0.2) is 4.98 Å². The van der Waals surface area contributed by atoms with Gasteiger partial charge in [0.2, 0.25) is 0 Å². The third-order valence-electron chi connectivity index (χ3n) is 2.87. The molecule has 94 valence electrons. The van der Waals surface area contributed by atoms with E-state index < -0.39 is 0 Å². The molecule has 1 atom stereocenters. The summed E-state index contributed by atoms with van der Waals surface area (Å²) in [7, 11) is 3.78. The fraction of sp³-hybridized carbons (Fsp3) is 0.545. The van der Waals surface area contributed by atoms with Crippen molar-refractivity contribution in [1.82, 2.24) is 9.38 Å². The lowest BCUT2D eigenvalue weighted by Crippen LogP contribution is -2.33. The van der Waals surface area contributed by atoms with E-state index in [2.05, 4.69) is 55.8 Å². The zero-order chi connectivity index (χ0) is 12.4. The SMILES string of the molecule is COCC(C)N(C)c1nc2sccn2c1CBr. The van der Waals surface area contributed by atoms with Crippen LogP contribution in [0.4, 0.5) is 5.82 Å². The van der Waals surface area contributed by atoms with E-state index in [1.54, 1.807) is 18.4 Å².